The highest BCUT2D eigenvalue weighted by molar-refractivity contribution is 7.22. The number of amides is 1. The average Bonchev–Trinajstić information content (AvgIpc) is 3.12. The van der Waals surface area contributed by atoms with E-state index in [1.807, 2.05) is 55.5 Å². The fourth-order valence-corrected chi connectivity index (χ4v) is 3.87. The molecule has 0 spiro atoms. The molecule has 1 amide bonds. The molecule has 1 unspecified atom stereocenters. The largest absolute Gasteiger partial charge is 0.300 e. The maximum absolute atomic E-state index is 12.7. The molecule has 7 heteroatoms. The van der Waals surface area contributed by atoms with Crippen molar-refractivity contribution in [3.05, 3.63) is 76.6 Å². The van der Waals surface area contributed by atoms with Crippen molar-refractivity contribution < 1.29 is 4.79 Å². The first kappa shape index (κ1) is 18.1. The van der Waals surface area contributed by atoms with E-state index in [9.17, 15) is 9.59 Å². The molecule has 2 aromatic heterocycles. The minimum absolute atomic E-state index is 0.331. The monoisotopic (exact) mass is 390 g/mol. The fourth-order valence-electron chi connectivity index (χ4n) is 2.93. The SMILES string of the molecule is Cc1cccc2sc(NC(=O)C(C)n3nc(-c4ccccc4)ccc3=O)nc12. The third kappa shape index (κ3) is 3.44. The van der Waals surface area contributed by atoms with E-state index in [1.165, 1.54) is 22.1 Å². The van der Waals surface area contributed by atoms with Gasteiger partial charge in [-0.1, -0.05) is 53.8 Å². The Morgan fingerprint density at radius 1 is 1.07 bits per heavy atom. The molecule has 2 aromatic carbocycles. The van der Waals surface area contributed by atoms with Gasteiger partial charge in [-0.3, -0.25) is 9.59 Å². The number of anilines is 1. The van der Waals surface area contributed by atoms with Crippen LogP contribution >= 0.6 is 11.3 Å². The number of aryl methyl sites for hydroxylation is 1. The van der Waals surface area contributed by atoms with Crippen molar-refractivity contribution in [3.8, 4) is 11.3 Å². The predicted molar refractivity (Wildman–Crippen MR) is 112 cm³/mol. The first-order valence-electron chi connectivity index (χ1n) is 8.85. The number of rotatable bonds is 4. The second-order valence-electron chi connectivity index (χ2n) is 6.47. The summed E-state index contributed by atoms with van der Waals surface area (Å²) in [4.78, 5) is 29.5. The predicted octanol–water partition coefficient (Wildman–Crippen LogP) is 4.03. The molecule has 6 nitrogen and oxygen atoms in total. The Morgan fingerprint density at radius 3 is 2.61 bits per heavy atom. The Balaban J connectivity index is 1.61. The lowest BCUT2D eigenvalue weighted by Crippen LogP contribution is -2.33. The summed E-state index contributed by atoms with van der Waals surface area (Å²) in [5.74, 6) is -0.337. The van der Waals surface area contributed by atoms with E-state index < -0.39 is 6.04 Å². The van der Waals surface area contributed by atoms with Crippen LogP contribution in [0, 0.1) is 6.92 Å². The van der Waals surface area contributed by atoms with Crippen molar-refractivity contribution in [1.29, 1.82) is 0 Å². The van der Waals surface area contributed by atoms with Gasteiger partial charge in [0, 0.05) is 11.6 Å². The van der Waals surface area contributed by atoms with Gasteiger partial charge in [0.2, 0.25) is 0 Å². The second kappa shape index (κ2) is 7.36. The molecule has 1 N–H and O–H groups in total. The Labute approximate surface area is 165 Å². The van der Waals surface area contributed by atoms with Crippen molar-refractivity contribution in [3.63, 3.8) is 0 Å². The molecule has 4 aromatic rings. The number of aromatic nitrogens is 3. The van der Waals surface area contributed by atoms with Gasteiger partial charge < -0.3 is 5.32 Å². The van der Waals surface area contributed by atoms with Crippen LogP contribution in [0.4, 0.5) is 5.13 Å². The zero-order valence-electron chi connectivity index (χ0n) is 15.4. The maximum atomic E-state index is 12.7. The van der Waals surface area contributed by atoms with Crippen LogP contribution in [0.2, 0.25) is 0 Å². The highest BCUT2D eigenvalue weighted by atomic mass is 32.1. The number of hydrogen-bond acceptors (Lipinski definition) is 5. The van der Waals surface area contributed by atoms with E-state index in [2.05, 4.69) is 15.4 Å². The van der Waals surface area contributed by atoms with Crippen LogP contribution in [0.3, 0.4) is 0 Å². The molecule has 140 valence electrons. The molecular weight excluding hydrogens is 372 g/mol. The van der Waals surface area contributed by atoms with Crippen LogP contribution in [-0.4, -0.2) is 20.7 Å². The van der Waals surface area contributed by atoms with Gasteiger partial charge >= 0.3 is 0 Å². The number of nitrogens with one attached hydrogen (secondary N) is 1. The summed E-state index contributed by atoms with van der Waals surface area (Å²) in [6.07, 6.45) is 0. The number of nitrogens with zero attached hydrogens (tertiary/aromatic N) is 3. The van der Waals surface area contributed by atoms with E-state index in [0.29, 0.717) is 10.8 Å². The van der Waals surface area contributed by atoms with Crippen LogP contribution in [-0.2, 0) is 4.79 Å². The lowest BCUT2D eigenvalue weighted by atomic mass is 10.1. The number of thiazole rings is 1. The zero-order chi connectivity index (χ0) is 19.7. The normalized spacial score (nSPS) is 12.1. The van der Waals surface area contributed by atoms with Gasteiger partial charge in [0.05, 0.1) is 15.9 Å². The molecule has 28 heavy (non-hydrogen) atoms. The van der Waals surface area contributed by atoms with Gasteiger partial charge in [0.15, 0.2) is 5.13 Å². The maximum Gasteiger partial charge on any atom is 0.267 e. The van der Waals surface area contributed by atoms with Gasteiger partial charge in [-0.2, -0.15) is 5.10 Å². The molecule has 0 aliphatic rings. The van der Waals surface area contributed by atoms with Crippen molar-refractivity contribution in [1.82, 2.24) is 14.8 Å². The summed E-state index contributed by atoms with van der Waals surface area (Å²) in [6.45, 7) is 3.63. The third-order valence-corrected chi connectivity index (χ3v) is 5.43. The molecule has 0 aliphatic carbocycles. The lowest BCUT2D eigenvalue weighted by Gasteiger charge is -2.14. The van der Waals surface area contributed by atoms with E-state index in [-0.39, 0.29) is 11.5 Å². The number of para-hydroxylation sites is 1. The molecule has 2 heterocycles. The van der Waals surface area contributed by atoms with E-state index in [1.54, 1.807) is 13.0 Å². The van der Waals surface area contributed by atoms with Gasteiger partial charge in [0.1, 0.15) is 6.04 Å². The van der Waals surface area contributed by atoms with E-state index in [4.69, 9.17) is 0 Å². The fraction of sp³-hybridized carbons (Fsp3) is 0.143. The summed E-state index contributed by atoms with van der Waals surface area (Å²) in [7, 11) is 0. The highest BCUT2D eigenvalue weighted by Crippen LogP contribution is 2.28. The van der Waals surface area contributed by atoms with Crippen LogP contribution in [0.25, 0.3) is 21.5 Å². The lowest BCUT2D eigenvalue weighted by molar-refractivity contribution is -0.119. The average molecular weight is 390 g/mol. The number of hydrogen-bond donors (Lipinski definition) is 1. The topological polar surface area (TPSA) is 76.9 Å². The molecule has 0 aliphatic heterocycles. The second-order valence-corrected chi connectivity index (χ2v) is 7.50. The Bertz CT molecular complexity index is 1210. The number of carbonyl (C=O) groups is 1. The summed E-state index contributed by atoms with van der Waals surface area (Å²) in [5.41, 5.74) is 3.11. The minimum atomic E-state index is -0.774. The summed E-state index contributed by atoms with van der Waals surface area (Å²) in [6, 6.07) is 17.8. The minimum Gasteiger partial charge on any atom is -0.300 e. The molecular formula is C21H18N4O2S. The highest BCUT2D eigenvalue weighted by Gasteiger charge is 2.20. The van der Waals surface area contributed by atoms with Gasteiger partial charge in [0.25, 0.3) is 11.5 Å². The molecule has 0 saturated heterocycles. The summed E-state index contributed by atoms with van der Waals surface area (Å²) in [5, 5.41) is 7.71. The van der Waals surface area contributed by atoms with Crippen molar-refractivity contribution in [2.24, 2.45) is 0 Å². The molecule has 0 bridgehead atoms. The van der Waals surface area contributed by atoms with Crippen LogP contribution in [0.15, 0.2) is 65.5 Å². The molecule has 4 rings (SSSR count). The van der Waals surface area contributed by atoms with E-state index >= 15 is 0 Å². The number of fused-ring (bicyclic) bond motifs is 1. The first-order valence-corrected chi connectivity index (χ1v) is 9.67. The van der Waals surface area contributed by atoms with Crippen LogP contribution < -0.4 is 10.9 Å². The molecule has 0 radical (unpaired) electrons. The molecule has 0 saturated carbocycles. The Kier molecular flexibility index (Phi) is 4.75. The van der Waals surface area contributed by atoms with E-state index in [0.717, 1.165) is 21.3 Å². The quantitative estimate of drug-likeness (QED) is 0.571. The van der Waals surface area contributed by atoms with Gasteiger partial charge in [-0.25, -0.2) is 9.67 Å². The Hall–Kier alpha value is -3.32. The smallest absolute Gasteiger partial charge is 0.267 e. The van der Waals surface area contributed by atoms with Crippen molar-refractivity contribution in [2.45, 2.75) is 19.9 Å². The van der Waals surface area contributed by atoms with Gasteiger partial charge in [-0.15, -0.1) is 0 Å². The van der Waals surface area contributed by atoms with Crippen molar-refractivity contribution in [2.75, 3.05) is 5.32 Å². The zero-order valence-corrected chi connectivity index (χ0v) is 16.2. The number of benzene rings is 2. The van der Waals surface area contributed by atoms with Gasteiger partial charge in [-0.05, 0) is 31.5 Å². The Morgan fingerprint density at radius 2 is 1.86 bits per heavy atom. The summed E-state index contributed by atoms with van der Waals surface area (Å²) < 4.78 is 2.21. The summed E-state index contributed by atoms with van der Waals surface area (Å²) >= 11 is 1.41. The number of carbonyl (C=O) groups excluding carboxylic acids is 1. The van der Waals surface area contributed by atoms with Crippen molar-refractivity contribution >= 4 is 32.6 Å². The van der Waals surface area contributed by atoms with Crippen LogP contribution in [0.1, 0.15) is 18.5 Å². The molecule has 1 atom stereocenters. The van der Waals surface area contributed by atoms with Crippen LogP contribution in [0.5, 0.6) is 0 Å². The third-order valence-electron chi connectivity index (χ3n) is 4.49. The standard InChI is InChI=1S/C21H18N4O2S/c1-13-7-6-10-17-19(13)22-21(28-17)23-20(27)14(2)25-18(26)12-11-16(24-25)15-8-4-3-5-9-15/h3-12,14H,1-2H3,(H,22,23,27). The first-order chi connectivity index (χ1) is 13.5. The molecule has 0 fully saturated rings.